The van der Waals surface area contributed by atoms with E-state index in [-0.39, 0.29) is 18.7 Å². The maximum atomic E-state index is 10.4. The highest BCUT2D eigenvalue weighted by atomic mass is 16.5. The normalized spacial score (nSPS) is 24.2. The van der Waals surface area contributed by atoms with Crippen molar-refractivity contribution in [2.24, 2.45) is 0 Å². The number of carbonyl (C=O) groups excluding carboxylic acids is 1. The van der Waals surface area contributed by atoms with Crippen molar-refractivity contribution in [2.75, 3.05) is 13.2 Å². The Bertz CT molecular complexity index is 309. The SMILES string of the molecule is C#C.C=C1COC(CCCO)C1.CC[C@@H]1CCC(=O)O1. The van der Waals surface area contributed by atoms with Gasteiger partial charge in [-0.2, -0.15) is 0 Å². The van der Waals surface area contributed by atoms with Gasteiger partial charge in [0.2, 0.25) is 0 Å². The Hall–Kier alpha value is -1.31. The molecule has 4 nitrogen and oxygen atoms in total. The van der Waals surface area contributed by atoms with Crippen molar-refractivity contribution in [3.8, 4) is 12.8 Å². The zero-order valence-electron chi connectivity index (χ0n) is 12.3. The lowest BCUT2D eigenvalue weighted by atomic mass is 10.1. The first-order chi connectivity index (χ1) is 9.65. The Kier molecular flexibility index (Phi) is 10.8. The van der Waals surface area contributed by atoms with Crippen LogP contribution in [-0.2, 0) is 14.3 Å². The second kappa shape index (κ2) is 11.5. The van der Waals surface area contributed by atoms with Crippen LogP contribution < -0.4 is 0 Å². The molecule has 0 aliphatic carbocycles. The van der Waals surface area contributed by atoms with E-state index >= 15 is 0 Å². The van der Waals surface area contributed by atoms with Crippen LogP contribution in [0.2, 0.25) is 0 Å². The smallest absolute Gasteiger partial charge is 0.306 e. The summed E-state index contributed by atoms with van der Waals surface area (Å²) in [6.07, 6.45) is 13.9. The van der Waals surface area contributed by atoms with Crippen LogP contribution in [0.5, 0.6) is 0 Å². The Morgan fingerprint density at radius 2 is 2.10 bits per heavy atom. The van der Waals surface area contributed by atoms with Gasteiger partial charge in [0, 0.05) is 13.0 Å². The van der Waals surface area contributed by atoms with Crippen LogP contribution in [0.4, 0.5) is 0 Å². The molecule has 20 heavy (non-hydrogen) atoms. The minimum Gasteiger partial charge on any atom is -0.462 e. The number of cyclic esters (lactones) is 1. The highest BCUT2D eigenvalue weighted by Crippen LogP contribution is 2.20. The van der Waals surface area contributed by atoms with Gasteiger partial charge in [0.15, 0.2) is 0 Å². The topological polar surface area (TPSA) is 55.8 Å². The summed E-state index contributed by atoms with van der Waals surface area (Å²) < 4.78 is 10.2. The second-order valence-electron chi connectivity index (χ2n) is 4.81. The molecule has 0 amide bonds. The molecule has 2 rings (SSSR count). The van der Waals surface area contributed by atoms with E-state index in [1.54, 1.807) is 0 Å². The average molecular weight is 282 g/mol. The molecule has 2 saturated heterocycles. The van der Waals surface area contributed by atoms with Gasteiger partial charge in [0.25, 0.3) is 0 Å². The van der Waals surface area contributed by atoms with Crippen LogP contribution in [0.25, 0.3) is 0 Å². The summed E-state index contributed by atoms with van der Waals surface area (Å²) in [4.78, 5) is 10.4. The molecule has 114 valence electrons. The van der Waals surface area contributed by atoms with Crippen molar-refractivity contribution in [1.82, 2.24) is 0 Å². The van der Waals surface area contributed by atoms with Gasteiger partial charge in [-0.25, -0.2) is 0 Å². The quantitative estimate of drug-likeness (QED) is 0.489. The molecule has 2 aliphatic rings. The molecule has 0 aromatic heterocycles. The van der Waals surface area contributed by atoms with Crippen molar-refractivity contribution >= 4 is 5.97 Å². The van der Waals surface area contributed by atoms with Crippen LogP contribution in [-0.4, -0.2) is 36.5 Å². The van der Waals surface area contributed by atoms with E-state index in [4.69, 9.17) is 14.6 Å². The van der Waals surface area contributed by atoms with E-state index in [0.717, 1.165) is 38.7 Å². The zero-order chi connectivity index (χ0) is 15.4. The number of ether oxygens (including phenoxy) is 2. The molecule has 0 aromatic rings. The number of terminal acetylenes is 1. The molecule has 2 fully saturated rings. The monoisotopic (exact) mass is 282 g/mol. The molecule has 0 spiro atoms. The fourth-order valence-corrected chi connectivity index (χ4v) is 2.05. The lowest BCUT2D eigenvalue weighted by Gasteiger charge is -2.05. The molecule has 1 unspecified atom stereocenters. The molecular weight excluding hydrogens is 256 g/mol. The first-order valence-corrected chi connectivity index (χ1v) is 7.07. The fourth-order valence-electron chi connectivity index (χ4n) is 2.05. The summed E-state index contributed by atoms with van der Waals surface area (Å²) in [6.45, 7) is 6.84. The van der Waals surface area contributed by atoms with Crippen molar-refractivity contribution in [3.63, 3.8) is 0 Å². The van der Waals surface area contributed by atoms with E-state index in [2.05, 4.69) is 19.4 Å². The largest absolute Gasteiger partial charge is 0.462 e. The Labute approximate surface area is 122 Å². The van der Waals surface area contributed by atoms with Gasteiger partial charge in [0.1, 0.15) is 6.10 Å². The number of hydrogen-bond acceptors (Lipinski definition) is 4. The van der Waals surface area contributed by atoms with E-state index < -0.39 is 0 Å². The van der Waals surface area contributed by atoms with Crippen LogP contribution in [0.3, 0.4) is 0 Å². The summed E-state index contributed by atoms with van der Waals surface area (Å²) in [5.74, 6) is -0.0307. The van der Waals surface area contributed by atoms with Gasteiger partial charge < -0.3 is 14.6 Å². The minimum atomic E-state index is -0.0307. The van der Waals surface area contributed by atoms with Crippen LogP contribution in [0, 0.1) is 12.8 Å². The standard InChI is InChI=1S/C8H14O2.C6H10O2.C2H2/c1-7-5-8(10-6-7)3-2-4-9;1-2-5-3-4-6(7)8-5;1-2/h8-9H,1-6H2;5H,2-4H2,1H3;1-2H/t;5-;/m.1./s1. The number of carbonyl (C=O) groups is 1. The first kappa shape index (κ1) is 18.7. The Balaban J connectivity index is 0.000000327. The summed E-state index contributed by atoms with van der Waals surface area (Å²) in [7, 11) is 0. The maximum Gasteiger partial charge on any atom is 0.306 e. The predicted molar refractivity (Wildman–Crippen MR) is 79.1 cm³/mol. The van der Waals surface area contributed by atoms with Crippen molar-refractivity contribution in [2.45, 2.75) is 57.7 Å². The van der Waals surface area contributed by atoms with Crippen molar-refractivity contribution in [1.29, 1.82) is 0 Å². The van der Waals surface area contributed by atoms with Crippen LogP contribution in [0.15, 0.2) is 12.2 Å². The number of rotatable bonds is 4. The molecule has 2 heterocycles. The second-order valence-corrected chi connectivity index (χ2v) is 4.81. The zero-order valence-corrected chi connectivity index (χ0v) is 12.3. The summed E-state index contributed by atoms with van der Waals surface area (Å²) >= 11 is 0. The summed E-state index contributed by atoms with van der Waals surface area (Å²) in [5, 5.41) is 8.51. The fraction of sp³-hybridized carbons (Fsp3) is 0.688. The van der Waals surface area contributed by atoms with E-state index in [9.17, 15) is 4.79 Å². The molecule has 0 bridgehead atoms. The molecule has 0 aromatic carbocycles. The van der Waals surface area contributed by atoms with Crippen LogP contribution >= 0.6 is 0 Å². The number of esters is 1. The van der Waals surface area contributed by atoms with E-state index in [1.165, 1.54) is 5.57 Å². The van der Waals surface area contributed by atoms with Crippen molar-refractivity contribution in [3.05, 3.63) is 12.2 Å². The third-order valence-corrected chi connectivity index (χ3v) is 3.15. The van der Waals surface area contributed by atoms with Crippen molar-refractivity contribution < 1.29 is 19.4 Å². The molecule has 1 N–H and O–H groups in total. The summed E-state index contributed by atoms with van der Waals surface area (Å²) in [5.41, 5.74) is 1.18. The van der Waals surface area contributed by atoms with E-state index in [1.807, 2.05) is 6.92 Å². The molecular formula is C16H26O4. The third-order valence-electron chi connectivity index (χ3n) is 3.15. The lowest BCUT2D eigenvalue weighted by molar-refractivity contribution is -0.141. The van der Waals surface area contributed by atoms with Gasteiger partial charge in [-0.15, -0.1) is 12.8 Å². The molecule has 2 aliphatic heterocycles. The number of aliphatic hydroxyl groups excluding tert-OH is 1. The summed E-state index contributed by atoms with van der Waals surface area (Å²) in [6, 6.07) is 0. The third kappa shape index (κ3) is 7.98. The number of aliphatic hydroxyl groups is 1. The van der Waals surface area contributed by atoms with Gasteiger partial charge in [-0.1, -0.05) is 13.5 Å². The lowest BCUT2D eigenvalue weighted by Crippen LogP contribution is -2.04. The highest BCUT2D eigenvalue weighted by Gasteiger charge is 2.20. The maximum absolute atomic E-state index is 10.4. The molecule has 4 heteroatoms. The number of hydrogen-bond donors (Lipinski definition) is 1. The van der Waals surface area contributed by atoms with Gasteiger partial charge in [-0.05, 0) is 37.7 Å². The van der Waals surface area contributed by atoms with E-state index in [0.29, 0.717) is 12.5 Å². The molecule has 2 atom stereocenters. The molecule has 0 radical (unpaired) electrons. The van der Waals surface area contributed by atoms with Crippen LogP contribution in [0.1, 0.15) is 45.4 Å². The first-order valence-electron chi connectivity index (χ1n) is 7.07. The average Bonchev–Trinajstić information content (AvgIpc) is 3.08. The predicted octanol–water partition coefficient (Wildman–Crippen LogP) is 2.46. The molecule has 0 saturated carbocycles. The Morgan fingerprint density at radius 3 is 2.45 bits per heavy atom. The minimum absolute atomic E-state index is 0.0307. The Morgan fingerprint density at radius 1 is 1.40 bits per heavy atom. The van der Waals surface area contributed by atoms with Gasteiger partial charge >= 0.3 is 5.97 Å². The highest BCUT2D eigenvalue weighted by molar-refractivity contribution is 5.71. The van der Waals surface area contributed by atoms with Gasteiger partial charge in [-0.3, -0.25) is 4.79 Å². The van der Waals surface area contributed by atoms with Gasteiger partial charge in [0.05, 0.1) is 12.7 Å².